The predicted octanol–water partition coefficient (Wildman–Crippen LogP) is 0.888. The number of ether oxygens (including phenoxy) is 1. The lowest BCUT2D eigenvalue weighted by atomic mass is 10.0. The number of anilines is 1. The standard InChI is InChI=1S/C18H21N7O2/c1-3-17(26)24-7-6-12(10-24)15-5-4-14(18-19-11-21-25(15)18)22-16-8-13(27-2)9-20-23-16/h3-5,8-9,11-12,18H,1,6-7,10H2,2H3,(H,19,21)(H,22,23). The van der Waals surface area contributed by atoms with E-state index < -0.39 is 0 Å². The number of carbonyl (C=O) groups is 1. The fraction of sp³-hybridized carbons (Fsp3) is 0.333. The molecule has 2 N–H and O–H groups in total. The number of allylic oxidation sites excluding steroid dienone is 2. The van der Waals surface area contributed by atoms with Crippen LogP contribution in [0.15, 0.2) is 53.5 Å². The number of hydrogen-bond donors (Lipinski definition) is 2. The number of fused-ring (bicyclic) bond motifs is 1. The minimum atomic E-state index is -0.220. The van der Waals surface area contributed by atoms with Crippen molar-refractivity contribution in [3.63, 3.8) is 0 Å². The average Bonchev–Trinajstić information content (AvgIpc) is 3.38. The van der Waals surface area contributed by atoms with E-state index in [0.29, 0.717) is 18.1 Å². The van der Waals surface area contributed by atoms with E-state index in [2.05, 4.69) is 38.6 Å². The van der Waals surface area contributed by atoms with E-state index in [1.165, 1.54) is 6.08 Å². The lowest BCUT2D eigenvalue weighted by Crippen LogP contribution is -2.44. The number of nitrogens with one attached hydrogen (secondary N) is 2. The molecular formula is C18H21N7O2. The van der Waals surface area contributed by atoms with E-state index in [9.17, 15) is 4.79 Å². The number of hydrogen-bond acceptors (Lipinski definition) is 8. The van der Waals surface area contributed by atoms with Gasteiger partial charge in [0.05, 0.1) is 19.0 Å². The Kier molecular flexibility index (Phi) is 4.49. The van der Waals surface area contributed by atoms with Crippen LogP contribution in [-0.2, 0) is 4.79 Å². The summed E-state index contributed by atoms with van der Waals surface area (Å²) < 4.78 is 5.19. The molecule has 0 aliphatic carbocycles. The highest BCUT2D eigenvalue weighted by Crippen LogP contribution is 2.33. The van der Waals surface area contributed by atoms with Crippen molar-refractivity contribution >= 4 is 18.1 Å². The van der Waals surface area contributed by atoms with Crippen molar-refractivity contribution in [2.75, 3.05) is 25.5 Å². The fourth-order valence-corrected chi connectivity index (χ4v) is 3.52. The zero-order valence-corrected chi connectivity index (χ0v) is 15.0. The van der Waals surface area contributed by atoms with Crippen molar-refractivity contribution in [3.05, 3.63) is 48.5 Å². The molecule has 3 aliphatic rings. The molecule has 0 bridgehead atoms. The van der Waals surface area contributed by atoms with Gasteiger partial charge in [-0.3, -0.25) is 15.2 Å². The van der Waals surface area contributed by atoms with Gasteiger partial charge in [-0.25, -0.2) is 4.99 Å². The maximum atomic E-state index is 11.9. The van der Waals surface area contributed by atoms with E-state index in [1.807, 2.05) is 16.0 Å². The summed E-state index contributed by atoms with van der Waals surface area (Å²) in [5.74, 6) is 1.44. The van der Waals surface area contributed by atoms with Gasteiger partial charge in [0.1, 0.15) is 12.1 Å². The molecule has 9 nitrogen and oxygen atoms in total. The zero-order chi connectivity index (χ0) is 18.8. The van der Waals surface area contributed by atoms with E-state index in [1.54, 1.807) is 25.7 Å². The Balaban J connectivity index is 1.54. The van der Waals surface area contributed by atoms with Gasteiger partial charge in [-0.15, -0.1) is 5.10 Å². The molecule has 2 unspecified atom stereocenters. The van der Waals surface area contributed by atoms with Crippen molar-refractivity contribution in [2.45, 2.75) is 12.6 Å². The van der Waals surface area contributed by atoms with E-state index in [-0.39, 0.29) is 18.0 Å². The molecule has 1 aromatic rings. The second-order valence-electron chi connectivity index (χ2n) is 6.44. The highest BCUT2D eigenvalue weighted by molar-refractivity contribution is 5.87. The fourth-order valence-electron chi connectivity index (χ4n) is 3.52. The van der Waals surface area contributed by atoms with E-state index in [0.717, 1.165) is 24.4 Å². The molecule has 0 aromatic carbocycles. The summed E-state index contributed by atoms with van der Waals surface area (Å²) in [6, 6.07) is 1.78. The van der Waals surface area contributed by atoms with Gasteiger partial charge in [0.25, 0.3) is 0 Å². The molecule has 2 atom stereocenters. The SMILES string of the molecule is C=CC(=O)N1CCC(C2=CC=C(Nc3cc(OC)cnn3)C3N=CNN23)C1. The largest absolute Gasteiger partial charge is 0.495 e. The molecule has 1 fully saturated rings. The molecule has 1 amide bonds. The number of rotatable bonds is 5. The monoisotopic (exact) mass is 367 g/mol. The first-order chi connectivity index (χ1) is 13.2. The Morgan fingerprint density at radius 1 is 1.48 bits per heavy atom. The minimum absolute atomic E-state index is 0.0226. The molecule has 140 valence electrons. The van der Waals surface area contributed by atoms with Crippen molar-refractivity contribution < 1.29 is 9.53 Å². The maximum absolute atomic E-state index is 11.9. The van der Waals surface area contributed by atoms with Crippen LogP contribution in [0.2, 0.25) is 0 Å². The van der Waals surface area contributed by atoms with Crippen LogP contribution in [0.1, 0.15) is 6.42 Å². The normalized spacial score (nSPS) is 23.3. The molecule has 0 radical (unpaired) electrons. The number of aliphatic imine (C=N–C) groups is 1. The van der Waals surface area contributed by atoms with Crippen LogP contribution in [0.25, 0.3) is 0 Å². The lowest BCUT2D eigenvalue weighted by molar-refractivity contribution is -0.125. The number of aromatic nitrogens is 2. The number of likely N-dealkylation sites (tertiary alicyclic amines) is 1. The van der Waals surface area contributed by atoms with Crippen LogP contribution < -0.4 is 15.5 Å². The molecule has 4 heterocycles. The first-order valence-electron chi connectivity index (χ1n) is 8.73. The van der Waals surface area contributed by atoms with Gasteiger partial charge in [-0.1, -0.05) is 6.58 Å². The van der Waals surface area contributed by atoms with Crippen LogP contribution in [-0.4, -0.2) is 58.7 Å². The summed E-state index contributed by atoms with van der Waals surface area (Å²) in [6.07, 6.45) is 9.35. The van der Waals surface area contributed by atoms with Gasteiger partial charge in [-0.2, -0.15) is 5.10 Å². The Bertz CT molecular complexity index is 848. The Morgan fingerprint density at radius 2 is 2.37 bits per heavy atom. The summed E-state index contributed by atoms with van der Waals surface area (Å²) >= 11 is 0. The lowest BCUT2D eigenvalue weighted by Gasteiger charge is -2.34. The molecular weight excluding hydrogens is 346 g/mol. The number of nitrogens with zero attached hydrogens (tertiary/aromatic N) is 5. The van der Waals surface area contributed by atoms with Gasteiger partial charge >= 0.3 is 0 Å². The van der Waals surface area contributed by atoms with Gasteiger partial charge in [0.15, 0.2) is 12.0 Å². The van der Waals surface area contributed by atoms with Crippen molar-refractivity contribution in [1.82, 2.24) is 25.5 Å². The maximum Gasteiger partial charge on any atom is 0.245 e. The third-order valence-electron chi connectivity index (χ3n) is 4.88. The van der Waals surface area contributed by atoms with Crippen molar-refractivity contribution in [2.24, 2.45) is 10.9 Å². The van der Waals surface area contributed by atoms with Crippen LogP contribution in [0, 0.1) is 5.92 Å². The summed E-state index contributed by atoms with van der Waals surface area (Å²) in [6.45, 7) is 4.99. The first kappa shape index (κ1) is 17.1. The Morgan fingerprint density at radius 3 is 3.19 bits per heavy atom. The van der Waals surface area contributed by atoms with Crippen LogP contribution in [0.4, 0.5) is 5.82 Å². The van der Waals surface area contributed by atoms with Crippen molar-refractivity contribution in [3.8, 4) is 5.75 Å². The molecule has 1 aromatic heterocycles. The van der Waals surface area contributed by atoms with Crippen LogP contribution in [0.3, 0.4) is 0 Å². The number of carbonyl (C=O) groups excluding carboxylic acids is 1. The molecule has 0 spiro atoms. The second-order valence-corrected chi connectivity index (χ2v) is 6.44. The average molecular weight is 367 g/mol. The molecule has 3 aliphatic heterocycles. The third-order valence-corrected chi connectivity index (χ3v) is 4.88. The van der Waals surface area contributed by atoms with E-state index >= 15 is 0 Å². The minimum Gasteiger partial charge on any atom is -0.495 e. The molecule has 0 saturated carbocycles. The smallest absolute Gasteiger partial charge is 0.245 e. The van der Waals surface area contributed by atoms with E-state index in [4.69, 9.17) is 4.74 Å². The number of hydrazine groups is 1. The highest BCUT2D eigenvalue weighted by Gasteiger charge is 2.36. The van der Waals surface area contributed by atoms with Crippen LogP contribution in [0.5, 0.6) is 5.75 Å². The second kappa shape index (κ2) is 7.10. The molecule has 4 rings (SSSR count). The summed E-state index contributed by atoms with van der Waals surface area (Å²) in [4.78, 5) is 18.2. The Labute approximate surface area is 157 Å². The molecule has 9 heteroatoms. The summed E-state index contributed by atoms with van der Waals surface area (Å²) in [5, 5.41) is 13.3. The third kappa shape index (κ3) is 3.23. The quantitative estimate of drug-likeness (QED) is 0.746. The van der Waals surface area contributed by atoms with Gasteiger partial charge < -0.3 is 15.0 Å². The predicted molar refractivity (Wildman–Crippen MR) is 101 cm³/mol. The topological polar surface area (TPSA) is 95.0 Å². The van der Waals surface area contributed by atoms with Gasteiger partial charge in [0.2, 0.25) is 5.91 Å². The van der Waals surface area contributed by atoms with Gasteiger partial charge in [0, 0.05) is 30.8 Å². The Hall–Kier alpha value is -3.36. The summed E-state index contributed by atoms with van der Waals surface area (Å²) in [7, 11) is 1.59. The molecule has 27 heavy (non-hydrogen) atoms. The molecule has 1 saturated heterocycles. The van der Waals surface area contributed by atoms with Crippen LogP contribution >= 0.6 is 0 Å². The zero-order valence-electron chi connectivity index (χ0n) is 15.0. The van der Waals surface area contributed by atoms with Crippen molar-refractivity contribution in [1.29, 1.82) is 0 Å². The van der Waals surface area contributed by atoms with Gasteiger partial charge in [-0.05, 0) is 24.6 Å². The number of methoxy groups -OCH3 is 1. The number of amides is 1. The highest BCUT2D eigenvalue weighted by atomic mass is 16.5. The summed E-state index contributed by atoms with van der Waals surface area (Å²) in [5.41, 5.74) is 5.18. The first-order valence-corrected chi connectivity index (χ1v) is 8.73.